The molecule has 0 aliphatic heterocycles. The Kier molecular flexibility index (Phi) is 3.64. The number of hydrogen-bond acceptors (Lipinski definition) is 2. The first-order valence-corrected chi connectivity index (χ1v) is 7.45. The molecule has 21 heavy (non-hydrogen) atoms. The van der Waals surface area contributed by atoms with Crippen LogP contribution in [0.15, 0.2) is 57.7 Å². The smallest absolute Gasteiger partial charge is 0.200 e. The van der Waals surface area contributed by atoms with Crippen LogP contribution in [0.4, 0.5) is 4.39 Å². The molecule has 0 saturated heterocycles. The molecule has 0 saturated carbocycles. The zero-order chi connectivity index (χ0) is 15.0. The molecule has 0 fully saturated rings. The maximum Gasteiger partial charge on any atom is 0.200 e. The maximum atomic E-state index is 13.1. The molecule has 2 aromatic carbocycles. The average molecular weight is 347 g/mol. The molecule has 0 amide bonds. The van der Waals surface area contributed by atoms with Crippen molar-refractivity contribution < 1.29 is 8.81 Å². The van der Waals surface area contributed by atoms with Crippen molar-refractivity contribution in [1.29, 1.82) is 0 Å². The molecule has 1 atom stereocenters. The molecule has 0 N–H and O–H groups in total. The van der Waals surface area contributed by atoms with E-state index in [0.717, 1.165) is 0 Å². The highest BCUT2D eigenvalue weighted by Crippen LogP contribution is 2.32. The molecule has 106 valence electrons. The van der Waals surface area contributed by atoms with Crippen molar-refractivity contribution in [2.24, 2.45) is 0 Å². The van der Waals surface area contributed by atoms with E-state index in [1.165, 1.54) is 12.1 Å². The van der Waals surface area contributed by atoms with E-state index in [4.69, 9.17) is 4.42 Å². The van der Waals surface area contributed by atoms with E-state index in [1.54, 1.807) is 30.3 Å². The van der Waals surface area contributed by atoms with Crippen LogP contribution in [-0.2, 0) is 0 Å². The van der Waals surface area contributed by atoms with Gasteiger partial charge in [-0.1, -0.05) is 40.2 Å². The minimum Gasteiger partial charge on any atom is -0.459 e. The Morgan fingerprint density at radius 2 is 1.76 bits per heavy atom. The van der Waals surface area contributed by atoms with Crippen LogP contribution in [0.2, 0.25) is 0 Å². The normalized spacial score (nSPS) is 12.5. The molecule has 4 heteroatoms. The molecule has 3 rings (SSSR count). The summed E-state index contributed by atoms with van der Waals surface area (Å²) >= 11 is 3.46. The lowest BCUT2D eigenvalue weighted by Gasteiger charge is -2.11. The van der Waals surface area contributed by atoms with Crippen LogP contribution < -0.4 is 5.43 Å². The second-order valence-electron chi connectivity index (χ2n) is 4.79. The monoisotopic (exact) mass is 346 g/mol. The number of benzene rings is 2. The SMILES string of the molecule is CC(Br)c1oc2ccccc2c(=O)c1-c1ccc(F)cc1. The van der Waals surface area contributed by atoms with Gasteiger partial charge in [-0.2, -0.15) is 0 Å². The minimum absolute atomic E-state index is 0.107. The van der Waals surface area contributed by atoms with Gasteiger partial charge in [0.25, 0.3) is 0 Å². The molecule has 1 heterocycles. The molecule has 1 unspecified atom stereocenters. The fraction of sp³-hybridized carbons (Fsp3) is 0.118. The molecular weight excluding hydrogens is 335 g/mol. The van der Waals surface area contributed by atoms with Crippen LogP contribution in [0.25, 0.3) is 22.1 Å². The Morgan fingerprint density at radius 1 is 1.10 bits per heavy atom. The van der Waals surface area contributed by atoms with E-state index in [2.05, 4.69) is 15.9 Å². The summed E-state index contributed by atoms with van der Waals surface area (Å²) in [6.45, 7) is 1.89. The van der Waals surface area contributed by atoms with Crippen molar-refractivity contribution in [3.63, 3.8) is 0 Å². The van der Waals surface area contributed by atoms with Crippen LogP contribution >= 0.6 is 15.9 Å². The van der Waals surface area contributed by atoms with E-state index in [1.807, 2.05) is 13.0 Å². The lowest BCUT2D eigenvalue weighted by atomic mass is 10.0. The first-order chi connectivity index (χ1) is 10.1. The summed E-state index contributed by atoms with van der Waals surface area (Å²) in [7, 11) is 0. The number of halogens is 2. The zero-order valence-electron chi connectivity index (χ0n) is 11.3. The van der Waals surface area contributed by atoms with Crippen LogP contribution in [-0.4, -0.2) is 0 Å². The summed E-state index contributed by atoms with van der Waals surface area (Å²) in [5, 5.41) is 0.522. The van der Waals surface area contributed by atoms with Crippen molar-refractivity contribution in [1.82, 2.24) is 0 Å². The van der Waals surface area contributed by atoms with Gasteiger partial charge < -0.3 is 4.42 Å². The Labute approximate surface area is 129 Å². The summed E-state index contributed by atoms with van der Waals surface area (Å²) in [5.74, 6) is 0.211. The number of hydrogen-bond donors (Lipinski definition) is 0. The Morgan fingerprint density at radius 3 is 2.43 bits per heavy atom. The van der Waals surface area contributed by atoms with Gasteiger partial charge in [0.15, 0.2) is 0 Å². The second kappa shape index (κ2) is 5.45. The molecular formula is C17H12BrFO2. The number of rotatable bonds is 2. The fourth-order valence-corrected chi connectivity index (χ4v) is 2.65. The highest BCUT2D eigenvalue weighted by Gasteiger charge is 2.19. The molecule has 0 bridgehead atoms. The van der Waals surface area contributed by atoms with Crippen molar-refractivity contribution >= 4 is 26.9 Å². The van der Waals surface area contributed by atoms with E-state index in [-0.39, 0.29) is 16.1 Å². The first-order valence-electron chi connectivity index (χ1n) is 6.53. The highest BCUT2D eigenvalue weighted by molar-refractivity contribution is 9.09. The molecule has 1 aromatic heterocycles. The van der Waals surface area contributed by atoms with E-state index in [9.17, 15) is 9.18 Å². The Hall–Kier alpha value is -1.94. The third kappa shape index (κ3) is 2.51. The largest absolute Gasteiger partial charge is 0.459 e. The second-order valence-corrected chi connectivity index (χ2v) is 6.16. The van der Waals surface area contributed by atoms with Gasteiger partial charge in [0.1, 0.15) is 17.2 Å². The number of alkyl halides is 1. The summed E-state index contributed by atoms with van der Waals surface area (Å²) in [5.41, 5.74) is 1.56. The third-order valence-electron chi connectivity index (χ3n) is 3.32. The molecule has 0 spiro atoms. The van der Waals surface area contributed by atoms with Crippen LogP contribution in [0, 0.1) is 5.82 Å². The van der Waals surface area contributed by atoms with Crippen LogP contribution in [0.5, 0.6) is 0 Å². The van der Waals surface area contributed by atoms with Gasteiger partial charge in [0.05, 0.1) is 15.8 Å². The quantitative estimate of drug-likeness (QED) is 0.607. The van der Waals surface area contributed by atoms with Gasteiger partial charge in [-0.15, -0.1) is 0 Å². The number of para-hydroxylation sites is 1. The Balaban J connectivity index is 2.39. The van der Waals surface area contributed by atoms with Crippen molar-refractivity contribution in [3.05, 3.63) is 70.3 Å². The zero-order valence-corrected chi connectivity index (χ0v) is 12.9. The van der Waals surface area contributed by atoms with Gasteiger partial charge in [0.2, 0.25) is 5.43 Å². The van der Waals surface area contributed by atoms with E-state index < -0.39 is 0 Å². The highest BCUT2D eigenvalue weighted by atomic mass is 79.9. The van der Waals surface area contributed by atoms with Gasteiger partial charge >= 0.3 is 0 Å². The van der Waals surface area contributed by atoms with E-state index in [0.29, 0.717) is 27.9 Å². The molecule has 2 nitrogen and oxygen atoms in total. The van der Waals surface area contributed by atoms with Crippen LogP contribution in [0.3, 0.4) is 0 Å². The summed E-state index contributed by atoms with van der Waals surface area (Å²) in [4.78, 5) is 12.6. The van der Waals surface area contributed by atoms with Crippen LogP contribution in [0.1, 0.15) is 17.5 Å². The summed E-state index contributed by atoms with van der Waals surface area (Å²) < 4.78 is 19.0. The van der Waals surface area contributed by atoms with Gasteiger partial charge in [0, 0.05) is 0 Å². The third-order valence-corrected chi connectivity index (χ3v) is 3.74. The molecule has 3 aromatic rings. The summed E-state index contributed by atoms with van der Waals surface area (Å²) in [6.07, 6.45) is 0. The van der Waals surface area contributed by atoms with Gasteiger partial charge in [-0.3, -0.25) is 4.79 Å². The van der Waals surface area contributed by atoms with Crippen molar-refractivity contribution in [2.75, 3.05) is 0 Å². The predicted molar refractivity (Wildman–Crippen MR) is 85.2 cm³/mol. The van der Waals surface area contributed by atoms with Gasteiger partial charge in [-0.25, -0.2) is 4.39 Å². The topological polar surface area (TPSA) is 30.2 Å². The lowest BCUT2D eigenvalue weighted by molar-refractivity contribution is 0.544. The van der Waals surface area contributed by atoms with Crippen molar-refractivity contribution in [3.8, 4) is 11.1 Å². The predicted octanol–water partition coefficient (Wildman–Crippen LogP) is 5.06. The van der Waals surface area contributed by atoms with Crippen molar-refractivity contribution in [2.45, 2.75) is 11.8 Å². The molecule has 0 aliphatic rings. The van der Waals surface area contributed by atoms with Gasteiger partial charge in [-0.05, 0) is 36.8 Å². The standard InChI is InChI=1S/C17H12BrFO2/c1-10(18)17-15(11-6-8-12(19)9-7-11)16(20)13-4-2-3-5-14(13)21-17/h2-10H,1H3. The fourth-order valence-electron chi connectivity index (χ4n) is 2.33. The molecule has 0 aliphatic carbocycles. The Bertz CT molecular complexity index is 851. The average Bonchev–Trinajstić information content (AvgIpc) is 2.48. The van der Waals surface area contributed by atoms with E-state index >= 15 is 0 Å². The maximum absolute atomic E-state index is 13.1. The molecule has 0 radical (unpaired) electrons. The number of fused-ring (bicyclic) bond motifs is 1. The lowest BCUT2D eigenvalue weighted by Crippen LogP contribution is -2.09. The minimum atomic E-state index is -0.336. The summed E-state index contributed by atoms with van der Waals surface area (Å²) in [6, 6.07) is 13.0. The first kappa shape index (κ1) is 14.0.